The van der Waals surface area contributed by atoms with E-state index in [0.717, 1.165) is 42.7 Å². The summed E-state index contributed by atoms with van der Waals surface area (Å²) in [5.74, 6) is 0.768. The van der Waals surface area contributed by atoms with Crippen LogP contribution in [0.4, 0.5) is 4.39 Å². The maximum Gasteiger partial charge on any atom is 0.125 e. The summed E-state index contributed by atoms with van der Waals surface area (Å²) in [7, 11) is 0. The van der Waals surface area contributed by atoms with Crippen molar-refractivity contribution in [1.29, 1.82) is 0 Å². The van der Waals surface area contributed by atoms with E-state index in [2.05, 4.69) is 25.3 Å². The lowest BCUT2D eigenvalue weighted by Crippen LogP contribution is -2.36. The first kappa shape index (κ1) is 15.0. The van der Waals surface area contributed by atoms with Crippen molar-refractivity contribution in [2.75, 3.05) is 6.54 Å². The predicted molar refractivity (Wildman–Crippen MR) is 81.3 cm³/mol. The minimum Gasteiger partial charge on any atom is -0.329 e. The minimum atomic E-state index is -0.239. The number of fused-ring (bicyclic) bond motifs is 1. The summed E-state index contributed by atoms with van der Waals surface area (Å²) in [6.45, 7) is 7.88. The van der Waals surface area contributed by atoms with E-state index >= 15 is 0 Å². The van der Waals surface area contributed by atoms with Crippen LogP contribution in [0.1, 0.15) is 45.9 Å². The molecule has 110 valence electrons. The Hall–Kier alpha value is -1.42. The largest absolute Gasteiger partial charge is 0.329 e. The second kappa shape index (κ2) is 5.92. The molecule has 1 aromatic heterocycles. The van der Waals surface area contributed by atoms with E-state index in [4.69, 9.17) is 10.7 Å². The Morgan fingerprint density at radius 3 is 2.50 bits per heavy atom. The van der Waals surface area contributed by atoms with Gasteiger partial charge in [-0.3, -0.25) is 0 Å². The van der Waals surface area contributed by atoms with E-state index in [1.54, 1.807) is 0 Å². The number of benzene rings is 1. The molecule has 0 saturated heterocycles. The molecule has 0 radical (unpaired) electrons. The lowest BCUT2D eigenvalue weighted by atomic mass is 9.81. The van der Waals surface area contributed by atoms with Crippen molar-refractivity contribution in [3.8, 4) is 0 Å². The lowest BCUT2D eigenvalue weighted by Gasteiger charge is -2.30. The Bertz CT molecular complexity index is 576. The SMILES string of the molecule is CCCn1c(C(CC)(CC)CN)nc2cc(F)ccc21. The summed E-state index contributed by atoms with van der Waals surface area (Å²) >= 11 is 0. The third kappa shape index (κ3) is 2.33. The van der Waals surface area contributed by atoms with Crippen molar-refractivity contribution >= 4 is 11.0 Å². The molecule has 2 N–H and O–H groups in total. The van der Waals surface area contributed by atoms with Gasteiger partial charge >= 0.3 is 0 Å². The average molecular weight is 277 g/mol. The summed E-state index contributed by atoms with van der Waals surface area (Å²) in [6.07, 6.45) is 2.90. The molecular formula is C16H24FN3. The minimum absolute atomic E-state index is 0.120. The maximum absolute atomic E-state index is 13.4. The molecule has 20 heavy (non-hydrogen) atoms. The van der Waals surface area contributed by atoms with Gasteiger partial charge in [0.15, 0.2) is 0 Å². The van der Waals surface area contributed by atoms with Gasteiger partial charge in [-0.1, -0.05) is 20.8 Å². The third-order valence-corrected chi connectivity index (χ3v) is 4.38. The van der Waals surface area contributed by atoms with Gasteiger partial charge in [0, 0.05) is 24.6 Å². The van der Waals surface area contributed by atoms with Crippen LogP contribution in [-0.2, 0) is 12.0 Å². The molecule has 0 bridgehead atoms. The number of aromatic nitrogens is 2. The van der Waals surface area contributed by atoms with Gasteiger partial charge in [0.2, 0.25) is 0 Å². The third-order valence-electron chi connectivity index (χ3n) is 4.38. The number of rotatable bonds is 6. The Morgan fingerprint density at radius 2 is 1.95 bits per heavy atom. The van der Waals surface area contributed by atoms with Gasteiger partial charge in [0.05, 0.1) is 11.0 Å². The van der Waals surface area contributed by atoms with Gasteiger partial charge in [-0.25, -0.2) is 9.37 Å². The highest BCUT2D eigenvalue weighted by atomic mass is 19.1. The average Bonchev–Trinajstić information content (AvgIpc) is 2.81. The molecule has 0 unspecified atom stereocenters. The quantitative estimate of drug-likeness (QED) is 0.876. The molecule has 0 amide bonds. The van der Waals surface area contributed by atoms with E-state index in [1.807, 2.05) is 6.07 Å². The zero-order chi connectivity index (χ0) is 14.8. The molecule has 0 saturated carbocycles. The van der Waals surface area contributed by atoms with Crippen LogP contribution in [-0.4, -0.2) is 16.1 Å². The molecule has 0 aliphatic heterocycles. The van der Waals surface area contributed by atoms with E-state index in [1.165, 1.54) is 12.1 Å². The zero-order valence-electron chi connectivity index (χ0n) is 12.6. The molecule has 0 fully saturated rings. The van der Waals surface area contributed by atoms with Crippen molar-refractivity contribution in [2.24, 2.45) is 5.73 Å². The number of halogens is 1. The topological polar surface area (TPSA) is 43.8 Å². The van der Waals surface area contributed by atoms with Crippen molar-refractivity contribution in [3.05, 3.63) is 29.8 Å². The van der Waals surface area contributed by atoms with Crippen LogP contribution < -0.4 is 5.73 Å². The van der Waals surface area contributed by atoms with E-state index < -0.39 is 0 Å². The first-order valence-electron chi connectivity index (χ1n) is 7.48. The van der Waals surface area contributed by atoms with Crippen LogP contribution in [0.5, 0.6) is 0 Å². The van der Waals surface area contributed by atoms with Crippen molar-refractivity contribution < 1.29 is 4.39 Å². The summed E-state index contributed by atoms with van der Waals surface area (Å²) < 4.78 is 15.6. The van der Waals surface area contributed by atoms with Gasteiger partial charge < -0.3 is 10.3 Å². The van der Waals surface area contributed by atoms with Gasteiger partial charge in [-0.15, -0.1) is 0 Å². The molecule has 2 rings (SSSR count). The molecule has 3 nitrogen and oxygen atoms in total. The van der Waals surface area contributed by atoms with Crippen LogP contribution in [0.3, 0.4) is 0 Å². The normalized spacial score (nSPS) is 12.2. The Morgan fingerprint density at radius 1 is 1.25 bits per heavy atom. The van der Waals surface area contributed by atoms with Gasteiger partial charge in [0.25, 0.3) is 0 Å². The first-order valence-corrected chi connectivity index (χ1v) is 7.48. The lowest BCUT2D eigenvalue weighted by molar-refractivity contribution is 0.366. The van der Waals surface area contributed by atoms with Crippen LogP contribution in [0.2, 0.25) is 0 Å². The highest BCUT2D eigenvalue weighted by molar-refractivity contribution is 5.76. The second-order valence-electron chi connectivity index (χ2n) is 5.41. The smallest absolute Gasteiger partial charge is 0.125 e. The fourth-order valence-electron chi connectivity index (χ4n) is 2.90. The predicted octanol–water partition coefficient (Wildman–Crippen LogP) is 3.60. The van der Waals surface area contributed by atoms with E-state index in [-0.39, 0.29) is 11.2 Å². The van der Waals surface area contributed by atoms with Gasteiger partial charge in [-0.05, 0) is 31.4 Å². The van der Waals surface area contributed by atoms with Crippen LogP contribution in [0.25, 0.3) is 11.0 Å². The molecule has 0 spiro atoms. The van der Waals surface area contributed by atoms with Crippen molar-refractivity contribution in [2.45, 2.75) is 52.0 Å². The fourth-order valence-corrected chi connectivity index (χ4v) is 2.90. The Labute approximate surface area is 120 Å². The standard InChI is InChI=1S/C16H24FN3/c1-4-9-20-14-8-7-12(17)10-13(14)19-15(20)16(5-2,6-3)11-18/h7-8,10H,4-6,9,11,18H2,1-3H3. The number of nitrogens with two attached hydrogens (primary N) is 1. The number of imidazole rings is 1. The van der Waals surface area contributed by atoms with Crippen LogP contribution >= 0.6 is 0 Å². The molecule has 0 aliphatic rings. The summed E-state index contributed by atoms with van der Waals surface area (Å²) in [5, 5.41) is 0. The number of hydrogen-bond acceptors (Lipinski definition) is 2. The first-order chi connectivity index (χ1) is 9.61. The number of aryl methyl sites for hydroxylation is 1. The van der Waals surface area contributed by atoms with Gasteiger partial charge in [0.1, 0.15) is 11.6 Å². The second-order valence-corrected chi connectivity index (χ2v) is 5.41. The summed E-state index contributed by atoms with van der Waals surface area (Å²) in [5.41, 5.74) is 7.66. The molecule has 0 atom stereocenters. The molecule has 2 aromatic rings. The van der Waals surface area contributed by atoms with Crippen molar-refractivity contribution in [1.82, 2.24) is 9.55 Å². The Kier molecular flexibility index (Phi) is 4.43. The Balaban J connectivity index is 2.70. The van der Waals surface area contributed by atoms with Crippen LogP contribution in [0.15, 0.2) is 18.2 Å². The molecule has 1 aromatic carbocycles. The molecular weight excluding hydrogens is 253 g/mol. The van der Waals surface area contributed by atoms with E-state index in [9.17, 15) is 4.39 Å². The molecule has 4 heteroatoms. The maximum atomic E-state index is 13.4. The number of nitrogens with zero attached hydrogens (tertiary/aromatic N) is 2. The highest BCUT2D eigenvalue weighted by Gasteiger charge is 2.32. The van der Waals surface area contributed by atoms with Crippen LogP contribution in [0, 0.1) is 5.82 Å². The van der Waals surface area contributed by atoms with Crippen molar-refractivity contribution in [3.63, 3.8) is 0 Å². The highest BCUT2D eigenvalue weighted by Crippen LogP contribution is 2.32. The molecule has 1 heterocycles. The monoisotopic (exact) mass is 277 g/mol. The van der Waals surface area contributed by atoms with Gasteiger partial charge in [-0.2, -0.15) is 0 Å². The van der Waals surface area contributed by atoms with E-state index in [0.29, 0.717) is 6.54 Å². The number of hydrogen-bond donors (Lipinski definition) is 1. The fraction of sp³-hybridized carbons (Fsp3) is 0.562. The summed E-state index contributed by atoms with van der Waals surface area (Å²) in [6, 6.07) is 4.84. The molecule has 0 aliphatic carbocycles. The zero-order valence-corrected chi connectivity index (χ0v) is 12.6. The summed E-state index contributed by atoms with van der Waals surface area (Å²) in [4.78, 5) is 4.72.